The molecule has 1 aliphatic heterocycles. The SMILES string of the molecule is CC(=O)N(Cc1noc(C2CC2)n1)C1CCN(C2C=CCCC2)C1. The Morgan fingerprint density at radius 1 is 1.38 bits per heavy atom. The number of rotatable bonds is 5. The van der Waals surface area contributed by atoms with Gasteiger partial charge >= 0.3 is 0 Å². The topological polar surface area (TPSA) is 62.5 Å². The Hall–Kier alpha value is -1.69. The standard InChI is InChI=1S/C18H26N4O2/c1-13(23)22(12-17-19-18(24-20-17)14-7-8-14)16-9-10-21(11-16)15-5-3-2-4-6-15/h3,5,14-16H,2,4,6-12H2,1H3. The average molecular weight is 330 g/mol. The molecule has 4 rings (SSSR count). The molecule has 0 radical (unpaired) electrons. The maximum atomic E-state index is 12.2. The normalized spacial score (nSPS) is 27.5. The summed E-state index contributed by atoms with van der Waals surface area (Å²) in [5.41, 5.74) is 0. The quantitative estimate of drug-likeness (QED) is 0.776. The van der Waals surface area contributed by atoms with Crippen LogP contribution in [0.1, 0.15) is 63.1 Å². The molecule has 2 unspecified atom stereocenters. The third-order valence-corrected chi connectivity index (χ3v) is 5.46. The molecule has 1 saturated heterocycles. The number of carbonyl (C=O) groups excluding carboxylic acids is 1. The van der Waals surface area contributed by atoms with Crippen molar-refractivity contribution in [3.05, 3.63) is 23.9 Å². The van der Waals surface area contributed by atoms with Gasteiger partial charge in [0.25, 0.3) is 0 Å². The number of nitrogens with zero attached hydrogens (tertiary/aromatic N) is 4. The predicted molar refractivity (Wildman–Crippen MR) is 89.3 cm³/mol. The molecule has 2 fully saturated rings. The highest BCUT2D eigenvalue weighted by Gasteiger charge is 2.34. The lowest BCUT2D eigenvalue weighted by molar-refractivity contribution is -0.131. The van der Waals surface area contributed by atoms with Crippen LogP contribution in [0.25, 0.3) is 0 Å². The molecular weight excluding hydrogens is 304 g/mol. The third kappa shape index (κ3) is 3.38. The van der Waals surface area contributed by atoms with Crippen LogP contribution in [0.2, 0.25) is 0 Å². The van der Waals surface area contributed by atoms with Gasteiger partial charge in [-0.2, -0.15) is 4.98 Å². The third-order valence-electron chi connectivity index (χ3n) is 5.46. The van der Waals surface area contributed by atoms with Gasteiger partial charge in [0.2, 0.25) is 11.8 Å². The van der Waals surface area contributed by atoms with E-state index in [1.54, 1.807) is 6.92 Å². The molecule has 6 nitrogen and oxygen atoms in total. The fraction of sp³-hybridized carbons (Fsp3) is 0.722. The Labute approximate surface area is 142 Å². The van der Waals surface area contributed by atoms with Crippen LogP contribution in [0.3, 0.4) is 0 Å². The van der Waals surface area contributed by atoms with Crippen molar-refractivity contribution >= 4 is 5.91 Å². The van der Waals surface area contributed by atoms with E-state index in [2.05, 4.69) is 27.2 Å². The maximum absolute atomic E-state index is 12.2. The van der Waals surface area contributed by atoms with Gasteiger partial charge < -0.3 is 9.42 Å². The van der Waals surface area contributed by atoms with Gasteiger partial charge in [-0.1, -0.05) is 17.3 Å². The Morgan fingerprint density at radius 3 is 2.96 bits per heavy atom. The van der Waals surface area contributed by atoms with Crippen LogP contribution in [-0.2, 0) is 11.3 Å². The van der Waals surface area contributed by atoms with Gasteiger partial charge in [0, 0.05) is 38.0 Å². The lowest BCUT2D eigenvalue weighted by atomic mass is 10.0. The van der Waals surface area contributed by atoms with E-state index in [-0.39, 0.29) is 11.9 Å². The molecule has 2 heterocycles. The van der Waals surface area contributed by atoms with E-state index >= 15 is 0 Å². The molecule has 0 spiro atoms. The highest BCUT2D eigenvalue weighted by atomic mass is 16.5. The number of likely N-dealkylation sites (tertiary alicyclic amines) is 1. The summed E-state index contributed by atoms with van der Waals surface area (Å²) in [6.07, 6.45) is 11.7. The van der Waals surface area contributed by atoms with Crippen molar-refractivity contribution in [2.75, 3.05) is 13.1 Å². The first kappa shape index (κ1) is 15.8. The summed E-state index contributed by atoms with van der Waals surface area (Å²) in [6, 6.07) is 0.796. The van der Waals surface area contributed by atoms with Crippen LogP contribution in [0, 0.1) is 0 Å². The van der Waals surface area contributed by atoms with Gasteiger partial charge in [0.05, 0.1) is 6.54 Å². The maximum Gasteiger partial charge on any atom is 0.229 e. The summed E-state index contributed by atoms with van der Waals surface area (Å²) in [5, 5.41) is 4.08. The highest BCUT2D eigenvalue weighted by Crippen LogP contribution is 2.38. The summed E-state index contributed by atoms with van der Waals surface area (Å²) in [5.74, 6) is 1.94. The number of allylic oxidation sites excluding steroid dienone is 1. The van der Waals surface area contributed by atoms with Gasteiger partial charge in [0.15, 0.2) is 5.82 Å². The highest BCUT2D eigenvalue weighted by molar-refractivity contribution is 5.73. The molecule has 1 saturated carbocycles. The smallest absolute Gasteiger partial charge is 0.229 e. The lowest BCUT2D eigenvalue weighted by Gasteiger charge is -2.30. The van der Waals surface area contributed by atoms with Gasteiger partial charge in [-0.15, -0.1) is 0 Å². The summed E-state index contributed by atoms with van der Waals surface area (Å²) in [7, 11) is 0. The van der Waals surface area contributed by atoms with Crippen molar-refractivity contribution in [1.29, 1.82) is 0 Å². The van der Waals surface area contributed by atoms with Crippen molar-refractivity contribution in [2.45, 2.75) is 70.0 Å². The minimum atomic E-state index is 0.0961. The Kier molecular flexibility index (Phi) is 4.39. The first-order chi connectivity index (χ1) is 11.7. The number of aromatic nitrogens is 2. The average Bonchev–Trinajstić information content (AvgIpc) is 3.15. The Bertz CT molecular complexity index is 622. The first-order valence-electron chi connectivity index (χ1n) is 9.21. The molecule has 0 bridgehead atoms. The van der Waals surface area contributed by atoms with Crippen LogP contribution in [0.5, 0.6) is 0 Å². The van der Waals surface area contributed by atoms with Gasteiger partial charge in [-0.05, 0) is 38.5 Å². The first-order valence-corrected chi connectivity index (χ1v) is 9.21. The van der Waals surface area contributed by atoms with E-state index in [9.17, 15) is 4.79 Å². The van der Waals surface area contributed by atoms with Crippen LogP contribution < -0.4 is 0 Å². The second kappa shape index (κ2) is 6.67. The van der Waals surface area contributed by atoms with Crippen LogP contribution in [0.4, 0.5) is 0 Å². The monoisotopic (exact) mass is 330 g/mol. The fourth-order valence-electron chi connectivity index (χ4n) is 3.90. The van der Waals surface area contributed by atoms with Crippen molar-refractivity contribution < 1.29 is 9.32 Å². The van der Waals surface area contributed by atoms with Crippen LogP contribution >= 0.6 is 0 Å². The molecule has 3 aliphatic rings. The van der Waals surface area contributed by atoms with Crippen LogP contribution in [-0.4, -0.2) is 51.0 Å². The summed E-state index contributed by atoms with van der Waals surface area (Å²) < 4.78 is 5.33. The van der Waals surface area contributed by atoms with Crippen molar-refractivity contribution in [2.24, 2.45) is 0 Å². The molecule has 2 atom stereocenters. The van der Waals surface area contributed by atoms with E-state index < -0.39 is 0 Å². The van der Waals surface area contributed by atoms with Gasteiger partial charge in [-0.3, -0.25) is 9.69 Å². The molecule has 130 valence electrons. The largest absolute Gasteiger partial charge is 0.339 e. The minimum absolute atomic E-state index is 0.0961. The molecule has 2 aliphatic carbocycles. The Balaban J connectivity index is 1.40. The van der Waals surface area contributed by atoms with Crippen molar-refractivity contribution in [1.82, 2.24) is 19.9 Å². The second-order valence-corrected chi connectivity index (χ2v) is 7.33. The van der Waals surface area contributed by atoms with Crippen molar-refractivity contribution in [3.63, 3.8) is 0 Å². The van der Waals surface area contributed by atoms with Crippen LogP contribution in [0.15, 0.2) is 16.7 Å². The van der Waals surface area contributed by atoms with E-state index in [0.717, 1.165) is 38.2 Å². The van der Waals surface area contributed by atoms with Gasteiger partial charge in [-0.25, -0.2) is 0 Å². The molecular formula is C18H26N4O2. The van der Waals surface area contributed by atoms with E-state index in [0.29, 0.717) is 24.3 Å². The molecule has 1 aromatic heterocycles. The predicted octanol–water partition coefficient (Wildman–Crippen LogP) is 2.48. The summed E-state index contributed by atoms with van der Waals surface area (Å²) >= 11 is 0. The zero-order valence-corrected chi connectivity index (χ0v) is 14.4. The number of amides is 1. The van der Waals surface area contributed by atoms with Crippen molar-refractivity contribution in [3.8, 4) is 0 Å². The number of hydrogen-bond acceptors (Lipinski definition) is 5. The lowest BCUT2D eigenvalue weighted by Crippen LogP contribution is -2.42. The molecule has 1 amide bonds. The fourth-order valence-corrected chi connectivity index (χ4v) is 3.90. The minimum Gasteiger partial charge on any atom is -0.339 e. The zero-order valence-electron chi connectivity index (χ0n) is 14.4. The number of hydrogen-bond donors (Lipinski definition) is 0. The Morgan fingerprint density at radius 2 is 2.25 bits per heavy atom. The van der Waals surface area contributed by atoms with E-state index in [1.807, 2.05) is 4.90 Å². The molecule has 1 aromatic rings. The molecule has 6 heteroatoms. The summed E-state index contributed by atoms with van der Waals surface area (Å²) in [4.78, 5) is 21.1. The zero-order chi connectivity index (χ0) is 16.5. The molecule has 24 heavy (non-hydrogen) atoms. The van der Waals surface area contributed by atoms with E-state index in [1.165, 1.54) is 19.3 Å². The number of carbonyl (C=O) groups is 1. The molecule has 0 N–H and O–H groups in total. The van der Waals surface area contributed by atoms with Gasteiger partial charge in [0.1, 0.15) is 0 Å². The summed E-state index contributed by atoms with van der Waals surface area (Å²) in [6.45, 7) is 4.11. The molecule has 0 aromatic carbocycles. The second-order valence-electron chi connectivity index (χ2n) is 7.33. The van der Waals surface area contributed by atoms with E-state index in [4.69, 9.17) is 4.52 Å².